The summed E-state index contributed by atoms with van der Waals surface area (Å²) in [5.41, 5.74) is 0.999. The number of benzene rings is 1. The van der Waals surface area contributed by atoms with Crippen LogP contribution < -0.4 is 0 Å². The molecule has 0 saturated heterocycles. The topological polar surface area (TPSA) is 57.7 Å². The molecule has 0 aliphatic heterocycles. The van der Waals surface area contributed by atoms with E-state index in [1.165, 1.54) is 7.05 Å². The maximum atomic E-state index is 12.5. The molecule has 0 heterocycles. The van der Waals surface area contributed by atoms with Crippen molar-refractivity contribution < 1.29 is 13.2 Å². The van der Waals surface area contributed by atoms with Crippen molar-refractivity contribution in [3.05, 3.63) is 29.8 Å². The molecule has 122 valence electrons. The number of carbonyl (C=O) groups excluding carboxylic acids is 1. The predicted octanol–water partition coefficient (Wildman–Crippen LogP) is 2.02. The standard InChI is InChI=1S/C16H24N2O3S/c1-13-8-10-15(11-9-13)22(20,21)17(2)12-16(19)18(3)14-6-4-5-7-14/h8-11,14H,4-7,12H2,1-3H3. The van der Waals surface area contributed by atoms with Crippen molar-refractivity contribution in [2.75, 3.05) is 20.6 Å². The second-order valence-corrected chi connectivity index (χ2v) is 8.06. The Morgan fingerprint density at radius 3 is 2.23 bits per heavy atom. The van der Waals surface area contributed by atoms with Crippen LogP contribution in [0.4, 0.5) is 0 Å². The van der Waals surface area contributed by atoms with Gasteiger partial charge in [-0.3, -0.25) is 4.79 Å². The Morgan fingerprint density at radius 1 is 1.14 bits per heavy atom. The maximum absolute atomic E-state index is 12.5. The molecule has 0 N–H and O–H groups in total. The van der Waals surface area contributed by atoms with E-state index in [4.69, 9.17) is 0 Å². The zero-order valence-corrected chi connectivity index (χ0v) is 14.3. The van der Waals surface area contributed by atoms with Crippen LogP contribution >= 0.6 is 0 Å². The summed E-state index contributed by atoms with van der Waals surface area (Å²) in [6.45, 7) is 1.78. The van der Waals surface area contributed by atoms with Gasteiger partial charge in [0, 0.05) is 20.1 Å². The van der Waals surface area contributed by atoms with E-state index < -0.39 is 10.0 Å². The third-order valence-corrected chi connectivity index (χ3v) is 6.17. The van der Waals surface area contributed by atoms with E-state index in [9.17, 15) is 13.2 Å². The van der Waals surface area contributed by atoms with Crippen LogP contribution in [0.15, 0.2) is 29.2 Å². The van der Waals surface area contributed by atoms with Gasteiger partial charge in [-0.25, -0.2) is 8.42 Å². The lowest BCUT2D eigenvalue weighted by Gasteiger charge is -2.26. The Kier molecular flexibility index (Phi) is 5.24. The average molecular weight is 324 g/mol. The van der Waals surface area contributed by atoms with Crippen LogP contribution in [0, 0.1) is 6.92 Å². The lowest BCUT2D eigenvalue weighted by atomic mass is 10.2. The van der Waals surface area contributed by atoms with Gasteiger partial charge in [-0.05, 0) is 31.9 Å². The van der Waals surface area contributed by atoms with Gasteiger partial charge in [0.25, 0.3) is 0 Å². The third-order valence-electron chi connectivity index (χ3n) is 4.35. The molecule has 0 spiro atoms. The summed E-state index contributed by atoms with van der Waals surface area (Å²) in [5.74, 6) is -0.148. The first kappa shape index (κ1) is 17.0. The van der Waals surface area contributed by atoms with E-state index >= 15 is 0 Å². The van der Waals surface area contributed by atoms with Crippen molar-refractivity contribution in [1.29, 1.82) is 0 Å². The number of amides is 1. The largest absolute Gasteiger partial charge is 0.342 e. The summed E-state index contributed by atoms with van der Waals surface area (Å²) in [4.78, 5) is 14.2. The summed E-state index contributed by atoms with van der Waals surface area (Å²) in [5, 5.41) is 0. The Bertz CT molecular complexity index is 619. The second kappa shape index (κ2) is 6.79. The molecule has 22 heavy (non-hydrogen) atoms. The van der Waals surface area contributed by atoms with Crippen molar-refractivity contribution in [2.45, 2.75) is 43.5 Å². The highest BCUT2D eigenvalue weighted by molar-refractivity contribution is 7.89. The van der Waals surface area contributed by atoms with E-state index in [1.54, 1.807) is 36.2 Å². The van der Waals surface area contributed by atoms with Gasteiger partial charge in [0.05, 0.1) is 11.4 Å². The smallest absolute Gasteiger partial charge is 0.243 e. The molecule has 1 aromatic carbocycles. The molecular weight excluding hydrogens is 300 g/mol. The number of rotatable bonds is 5. The first-order valence-corrected chi connectivity index (χ1v) is 9.05. The molecule has 0 atom stereocenters. The molecule has 1 aromatic rings. The molecular formula is C16H24N2O3S. The van der Waals surface area contributed by atoms with Gasteiger partial charge in [0.1, 0.15) is 0 Å². The van der Waals surface area contributed by atoms with E-state index in [-0.39, 0.29) is 23.4 Å². The fraction of sp³-hybridized carbons (Fsp3) is 0.562. The zero-order valence-electron chi connectivity index (χ0n) is 13.4. The van der Waals surface area contributed by atoms with Crippen LogP contribution in [-0.4, -0.2) is 50.2 Å². The van der Waals surface area contributed by atoms with E-state index in [0.29, 0.717) is 0 Å². The molecule has 0 bridgehead atoms. The van der Waals surface area contributed by atoms with Gasteiger partial charge in [0.2, 0.25) is 15.9 Å². The van der Waals surface area contributed by atoms with Gasteiger partial charge in [0.15, 0.2) is 0 Å². The quantitative estimate of drug-likeness (QED) is 0.832. The monoisotopic (exact) mass is 324 g/mol. The van der Waals surface area contributed by atoms with E-state index in [0.717, 1.165) is 35.6 Å². The highest BCUT2D eigenvalue weighted by Gasteiger charge is 2.28. The van der Waals surface area contributed by atoms with Crippen LogP contribution in [0.2, 0.25) is 0 Å². The van der Waals surface area contributed by atoms with Crippen LogP contribution in [0.3, 0.4) is 0 Å². The van der Waals surface area contributed by atoms with Gasteiger partial charge in [-0.2, -0.15) is 4.31 Å². The summed E-state index contributed by atoms with van der Waals surface area (Å²) >= 11 is 0. The predicted molar refractivity (Wildman–Crippen MR) is 86.0 cm³/mol. The highest BCUT2D eigenvalue weighted by Crippen LogP contribution is 2.23. The normalized spacial score (nSPS) is 16.2. The van der Waals surface area contributed by atoms with Crippen LogP contribution in [0.1, 0.15) is 31.2 Å². The summed E-state index contributed by atoms with van der Waals surface area (Å²) in [6.07, 6.45) is 4.30. The molecule has 5 nitrogen and oxygen atoms in total. The Labute approximate surface area is 133 Å². The van der Waals surface area contributed by atoms with Gasteiger partial charge in [-0.15, -0.1) is 0 Å². The number of nitrogens with zero attached hydrogens (tertiary/aromatic N) is 2. The summed E-state index contributed by atoms with van der Waals surface area (Å²) in [6, 6.07) is 6.92. The SMILES string of the molecule is Cc1ccc(S(=O)(=O)N(C)CC(=O)N(C)C2CCCC2)cc1. The molecule has 1 aliphatic carbocycles. The van der Waals surface area contributed by atoms with Crippen molar-refractivity contribution >= 4 is 15.9 Å². The van der Waals surface area contributed by atoms with Crippen molar-refractivity contribution in [1.82, 2.24) is 9.21 Å². The van der Waals surface area contributed by atoms with E-state index in [2.05, 4.69) is 0 Å². The molecule has 0 radical (unpaired) electrons. The third kappa shape index (κ3) is 3.67. The number of hydrogen-bond donors (Lipinski definition) is 0. The second-order valence-electron chi connectivity index (χ2n) is 6.02. The Morgan fingerprint density at radius 2 is 1.68 bits per heavy atom. The average Bonchev–Trinajstić information content (AvgIpc) is 3.00. The summed E-state index contributed by atoms with van der Waals surface area (Å²) < 4.78 is 26.1. The zero-order chi connectivity index (χ0) is 16.3. The van der Waals surface area contributed by atoms with Crippen LogP contribution in [0.25, 0.3) is 0 Å². The van der Waals surface area contributed by atoms with Gasteiger partial charge < -0.3 is 4.90 Å². The van der Waals surface area contributed by atoms with Crippen LogP contribution in [0.5, 0.6) is 0 Å². The molecule has 0 aromatic heterocycles. The molecule has 1 amide bonds. The van der Waals surface area contributed by atoms with Gasteiger partial charge >= 0.3 is 0 Å². The Hall–Kier alpha value is -1.40. The first-order chi connectivity index (χ1) is 10.3. The highest BCUT2D eigenvalue weighted by atomic mass is 32.2. The lowest BCUT2D eigenvalue weighted by Crippen LogP contribution is -2.43. The number of sulfonamides is 1. The van der Waals surface area contributed by atoms with Crippen LogP contribution in [-0.2, 0) is 14.8 Å². The molecule has 0 unspecified atom stereocenters. The molecule has 1 fully saturated rings. The first-order valence-electron chi connectivity index (χ1n) is 7.61. The number of likely N-dealkylation sites (N-methyl/N-ethyl adjacent to an activating group) is 2. The molecule has 6 heteroatoms. The minimum Gasteiger partial charge on any atom is -0.342 e. The number of aryl methyl sites for hydroxylation is 1. The minimum absolute atomic E-state index is 0.122. The van der Waals surface area contributed by atoms with Gasteiger partial charge in [-0.1, -0.05) is 30.5 Å². The number of hydrogen-bond acceptors (Lipinski definition) is 3. The van der Waals surface area contributed by atoms with E-state index in [1.807, 2.05) is 6.92 Å². The molecule has 1 aliphatic rings. The number of carbonyl (C=O) groups is 1. The van der Waals surface area contributed by atoms with Crippen molar-refractivity contribution in [3.63, 3.8) is 0 Å². The maximum Gasteiger partial charge on any atom is 0.243 e. The lowest BCUT2D eigenvalue weighted by molar-refractivity contribution is -0.131. The molecule has 2 rings (SSSR count). The van der Waals surface area contributed by atoms with Crippen molar-refractivity contribution in [2.24, 2.45) is 0 Å². The summed E-state index contributed by atoms with van der Waals surface area (Å²) in [7, 11) is -0.400. The fourth-order valence-electron chi connectivity index (χ4n) is 2.77. The fourth-order valence-corrected chi connectivity index (χ4v) is 3.89. The van der Waals surface area contributed by atoms with Crippen molar-refractivity contribution in [3.8, 4) is 0 Å². The molecule has 1 saturated carbocycles. The Balaban J connectivity index is 2.05. The minimum atomic E-state index is -3.62.